The number of aromatic nitrogens is 1. The van der Waals surface area contributed by atoms with Crippen molar-refractivity contribution in [3.8, 4) is 0 Å². The van der Waals surface area contributed by atoms with E-state index in [9.17, 15) is 8.42 Å². The van der Waals surface area contributed by atoms with Crippen LogP contribution in [0, 0.1) is 0 Å². The highest BCUT2D eigenvalue weighted by Crippen LogP contribution is 2.12. The van der Waals surface area contributed by atoms with Gasteiger partial charge in [-0.05, 0) is 31.7 Å². The maximum absolute atomic E-state index is 12.0. The molecule has 0 saturated heterocycles. The highest BCUT2D eigenvalue weighted by molar-refractivity contribution is 7.99. The van der Waals surface area contributed by atoms with Gasteiger partial charge in [0.2, 0.25) is 10.0 Å². The molecular weight excluding hydrogens is 282 g/mol. The smallest absolute Gasteiger partial charge is 0.242 e. The van der Waals surface area contributed by atoms with E-state index in [2.05, 4.69) is 21.9 Å². The van der Waals surface area contributed by atoms with Crippen molar-refractivity contribution in [2.45, 2.75) is 30.4 Å². The van der Waals surface area contributed by atoms with Gasteiger partial charge in [0.05, 0.1) is 0 Å². The van der Waals surface area contributed by atoms with Crippen LogP contribution in [0.25, 0.3) is 0 Å². The van der Waals surface area contributed by atoms with Gasteiger partial charge >= 0.3 is 0 Å². The molecule has 7 heteroatoms. The molecule has 0 radical (unpaired) electrons. The Bertz CT molecular complexity index is 474. The Kier molecular flexibility index (Phi) is 6.60. The summed E-state index contributed by atoms with van der Waals surface area (Å²) in [5.41, 5.74) is 0. The predicted molar refractivity (Wildman–Crippen MR) is 81.2 cm³/mol. The van der Waals surface area contributed by atoms with E-state index in [1.807, 2.05) is 13.2 Å². The molecule has 1 aromatic heterocycles. The van der Waals surface area contributed by atoms with Crippen molar-refractivity contribution in [1.29, 1.82) is 0 Å². The number of hydrogen-bond donors (Lipinski definition) is 2. The molecule has 0 spiro atoms. The van der Waals surface area contributed by atoms with Crippen LogP contribution in [0.5, 0.6) is 0 Å². The second kappa shape index (κ2) is 7.72. The second-order valence-electron chi connectivity index (χ2n) is 4.14. The molecule has 1 rings (SSSR count). The van der Waals surface area contributed by atoms with Crippen LogP contribution in [-0.2, 0) is 10.0 Å². The molecule has 1 atom stereocenters. The molecule has 0 aliphatic carbocycles. The summed E-state index contributed by atoms with van der Waals surface area (Å²) in [5.74, 6) is 0.678. The van der Waals surface area contributed by atoms with Crippen LogP contribution in [0.4, 0.5) is 5.82 Å². The lowest BCUT2D eigenvalue weighted by Gasteiger charge is -2.10. The van der Waals surface area contributed by atoms with Crippen molar-refractivity contribution in [3.05, 3.63) is 18.3 Å². The number of sulfonamides is 1. The van der Waals surface area contributed by atoms with Gasteiger partial charge in [-0.2, -0.15) is 11.8 Å². The number of thioether (sulfide) groups is 1. The summed E-state index contributed by atoms with van der Waals surface area (Å²) < 4.78 is 26.6. The van der Waals surface area contributed by atoms with Gasteiger partial charge in [-0.3, -0.25) is 0 Å². The van der Waals surface area contributed by atoms with Crippen molar-refractivity contribution < 1.29 is 8.42 Å². The zero-order valence-electron chi connectivity index (χ0n) is 11.5. The fourth-order valence-corrected chi connectivity index (χ4v) is 2.77. The Balaban J connectivity index is 2.61. The van der Waals surface area contributed by atoms with E-state index in [0.717, 1.165) is 13.0 Å². The van der Waals surface area contributed by atoms with E-state index in [1.54, 1.807) is 23.9 Å². The molecule has 0 aliphatic heterocycles. The first-order valence-corrected chi connectivity index (χ1v) is 8.99. The quantitative estimate of drug-likeness (QED) is 0.768. The van der Waals surface area contributed by atoms with Gasteiger partial charge in [0.25, 0.3) is 0 Å². The summed E-state index contributed by atoms with van der Waals surface area (Å²) in [6.45, 7) is 5.23. The standard InChI is InChI=1S/C12H21N3O2S2/c1-4-13-12-6-5-11(9-14-12)19(16,17)15-8-7-10(2)18-3/h5-6,9-10,15H,4,7-8H2,1-3H3,(H,13,14). The Morgan fingerprint density at radius 1 is 1.42 bits per heavy atom. The lowest BCUT2D eigenvalue weighted by molar-refractivity contribution is 0.578. The van der Waals surface area contributed by atoms with Crippen LogP contribution >= 0.6 is 11.8 Å². The molecule has 0 aliphatic rings. The predicted octanol–water partition coefficient (Wildman–Crippen LogP) is 1.93. The molecule has 0 bridgehead atoms. The number of nitrogens with one attached hydrogen (secondary N) is 2. The van der Waals surface area contributed by atoms with E-state index in [1.165, 1.54) is 6.20 Å². The summed E-state index contributed by atoms with van der Waals surface area (Å²) in [5, 5.41) is 3.46. The van der Waals surface area contributed by atoms with Crippen LogP contribution in [0.3, 0.4) is 0 Å². The van der Waals surface area contributed by atoms with Crippen LogP contribution < -0.4 is 10.0 Å². The summed E-state index contributed by atoms with van der Waals surface area (Å²) in [4.78, 5) is 4.26. The van der Waals surface area contributed by atoms with E-state index in [0.29, 0.717) is 17.6 Å². The molecule has 108 valence electrons. The fourth-order valence-electron chi connectivity index (χ4n) is 1.42. The Morgan fingerprint density at radius 2 is 2.16 bits per heavy atom. The highest BCUT2D eigenvalue weighted by Gasteiger charge is 2.14. The van der Waals surface area contributed by atoms with Gasteiger partial charge < -0.3 is 5.32 Å². The summed E-state index contributed by atoms with van der Waals surface area (Å²) in [6.07, 6.45) is 4.20. The first-order valence-electron chi connectivity index (χ1n) is 6.22. The van der Waals surface area contributed by atoms with Gasteiger partial charge in [-0.1, -0.05) is 6.92 Å². The lowest BCUT2D eigenvalue weighted by Crippen LogP contribution is -2.26. The molecular formula is C12H21N3O2S2. The molecule has 1 unspecified atom stereocenters. The van der Waals surface area contributed by atoms with Crippen molar-refractivity contribution in [2.24, 2.45) is 0 Å². The minimum Gasteiger partial charge on any atom is -0.370 e. The van der Waals surface area contributed by atoms with Gasteiger partial charge in [-0.25, -0.2) is 18.1 Å². The molecule has 0 saturated carbocycles. The molecule has 5 nitrogen and oxygen atoms in total. The van der Waals surface area contributed by atoms with Gasteiger partial charge in [0.1, 0.15) is 10.7 Å². The average Bonchev–Trinajstić information content (AvgIpc) is 2.39. The van der Waals surface area contributed by atoms with Gasteiger partial charge in [0, 0.05) is 24.5 Å². The monoisotopic (exact) mass is 303 g/mol. The van der Waals surface area contributed by atoms with Crippen LogP contribution in [-0.4, -0.2) is 38.0 Å². The van der Waals surface area contributed by atoms with Crippen molar-refractivity contribution >= 4 is 27.6 Å². The van der Waals surface area contributed by atoms with E-state index in [-0.39, 0.29) is 4.90 Å². The summed E-state index contributed by atoms with van der Waals surface area (Å²) in [7, 11) is -3.45. The minimum absolute atomic E-state index is 0.200. The Labute approximate surface area is 119 Å². The SMILES string of the molecule is CCNc1ccc(S(=O)(=O)NCCC(C)SC)cn1. The third-order valence-corrected chi connectivity index (χ3v) is 5.14. The molecule has 0 aromatic carbocycles. The molecule has 1 heterocycles. The maximum Gasteiger partial charge on any atom is 0.242 e. The third kappa shape index (κ3) is 5.38. The molecule has 19 heavy (non-hydrogen) atoms. The van der Waals surface area contributed by atoms with Crippen molar-refractivity contribution in [2.75, 3.05) is 24.7 Å². The number of nitrogens with zero attached hydrogens (tertiary/aromatic N) is 1. The van der Waals surface area contributed by atoms with E-state index >= 15 is 0 Å². The highest BCUT2D eigenvalue weighted by atomic mass is 32.2. The van der Waals surface area contributed by atoms with E-state index < -0.39 is 10.0 Å². The topological polar surface area (TPSA) is 71.1 Å². The molecule has 0 fully saturated rings. The number of pyridine rings is 1. The first-order chi connectivity index (χ1) is 8.99. The van der Waals surface area contributed by atoms with Crippen molar-refractivity contribution in [1.82, 2.24) is 9.71 Å². The molecule has 1 aromatic rings. The number of hydrogen-bond acceptors (Lipinski definition) is 5. The third-order valence-electron chi connectivity index (χ3n) is 2.65. The fraction of sp³-hybridized carbons (Fsp3) is 0.583. The average molecular weight is 303 g/mol. The Hall–Kier alpha value is -0.790. The normalized spacial score (nSPS) is 13.2. The lowest BCUT2D eigenvalue weighted by atomic mass is 10.3. The van der Waals surface area contributed by atoms with Gasteiger partial charge in [0.15, 0.2) is 0 Å². The molecule has 0 amide bonds. The largest absolute Gasteiger partial charge is 0.370 e. The zero-order chi connectivity index (χ0) is 14.3. The summed E-state index contributed by atoms with van der Waals surface area (Å²) >= 11 is 1.72. The number of rotatable bonds is 8. The van der Waals surface area contributed by atoms with E-state index in [4.69, 9.17) is 0 Å². The van der Waals surface area contributed by atoms with Gasteiger partial charge in [-0.15, -0.1) is 0 Å². The van der Waals surface area contributed by atoms with Crippen LogP contribution in [0.2, 0.25) is 0 Å². The van der Waals surface area contributed by atoms with Crippen molar-refractivity contribution in [3.63, 3.8) is 0 Å². The zero-order valence-corrected chi connectivity index (χ0v) is 13.1. The Morgan fingerprint density at radius 3 is 2.68 bits per heavy atom. The second-order valence-corrected chi connectivity index (χ2v) is 7.19. The van der Waals surface area contributed by atoms with Crippen LogP contribution in [0.1, 0.15) is 20.3 Å². The maximum atomic E-state index is 12.0. The minimum atomic E-state index is -3.45. The van der Waals surface area contributed by atoms with Crippen LogP contribution in [0.15, 0.2) is 23.2 Å². The molecule has 2 N–H and O–H groups in total. The first kappa shape index (κ1) is 16.3. The summed E-state index contributed by atoms with van der Waals surface area (Å²) in [6, 6.07) is 3.23. The number of anilines is 1.